The second-order valence-corrected chi connectivity index (χ2v) is 5.53. The molecule has 1 N–H and O–H groups in total. The highest BCUT2D eigenvalue weighted by Crippen LogP contribution is 2.29. The van der Waals surface area contributed by atoms with Crippen LogP contribution >= 0.6 is 0 Å². The third-order valence-corrected chi connectivity index (χ3v) is 3.43. The molecule has 0 unspecified atom stereocenters. The Hall–Kier alpha value is -2.57. The number of halogens is 3. The summed E-state index contributed by atoms with van der Waals surface area (Å²) < 4.78 is 36.6. The molecule has 24 heavy (non-hydrogen) atoms. The van der Waals surface area contributed by atoms with Gasteiger partial charge in [-0.2, -0.15) is 13.2 Å². The lowest BCUT2D eigenvalue weighted by Gasteiger charge is -2.14. The molecule has 4 nitrogen and oxygen atoms in total. The maximum absolute atomic E-state index is 12.2. The second-order valence-electron chi connectivity index (χ2n) is 5.53. The van der Waals surface area contributed by atoms with Crippen LogP contribution in [0.3, 0.4) is 0 Å². The minimum atomic E-state index is -4.35. The van der Waals surface area contributed by atoms with Crippen molar-refractivity contribution >= 4 is 17.3 Å². The molecule has 0 bridgehead atoms. The van der Waals surface area contributed by atoms with E-state index < -0.39 is 24.9 Å². The summed E-state index contributed by atoms with van der Waals surface area (Å²) in [6.45, 7) is 0. The molecule has 0 aliphatic carbocycles. The Morgan fingerprint density at radius 1 is 1.17 bits per heavy atom. The molecule has 0 radical (unpaired) electrons. The summed E-state index contributed by atoms with van der Waals surface area (Å²) >= 11 is 0. The van der Waals surface area contributed by atoms with Crippen LogP contribution in [0.4, 0.5) is 24.5 Å². The molecule has 0 fully saturated rings. The van der Waals surface area contributed by atoms with Gasteiger partial charge in [0.1, 0.15) is 0 Å². The van der Waals surface area contributed by atoms with E-state index in [1.807, 2.05) is 43.3 Å². The number of hydrogen-bond acceptors (Lipinski definition) is 3. The molecule has 2 aromatic rings. The number of nitrogens with zero attached hydrogens (tertiary/aromatic N) is 2. The zero-order chi connectivity index (χ0) is 17.7. The van der Waals surface area contributed by atoms with Crippen LogP contribution in [-0.2, 0) is 4.79 Å². The van der Waals surface area contributed by atoms with Crippen LogP contribution in [0.5, 0.6) is 0 Å². The number of rotatable bonds is 5. The van der Waals surface area contributed by atoms with Crippen LogP contribution in [0.2, 0.25) is 0 Å². The van der Waals surface area contributed by atoms with Crippen molar-refractivity contribution in [2.45, 2.75) is 19.0 Å². The Labute approximate surface area is 138 Å². The summed E-state index contributed by atoms with van der Waals surface area (Å²) in [5, 5.41) is 2.51. The minimum Gasteiger partial charge on any atom is -0.378 e. The predicted molar refractivity (Wildman–Crippen MR) is 87.9 cm³/mol. The molecular weight excluding hydrogens is 319 g/mol. The van der Waals surface area contributed by atoms with E-state index in [0.717, 1.165) is 11.3 Å². The lowest BCUT2D eigenvalue weighted by molar-refractivity contribution is -0.142. The van der Waals surface area contributed by atoms with Gasteiger partial charge in [0, 0.05) is 38.0 Å². The van der Waals surface area contributed by atoms with E-state index in [1.54, 1.807) is 12.3 Å². The van der Waals surface area contributed by atoms with Crippen molar-refractivity contribution in [3.05, 3.63) is 42.7 Å². The van der Waals surface area contributed by atoms with Crippen molar-refractivity contribution in [3.8, 4) is 11.1 Å². The van der Waals surface area contributed by atoms with E-state index in [9.17, 15) is 18.0 Å². The highest BCUT2D eigenvalue weighted by atomic mass is 19.4. The summed E-state index contributed by atoms with van der Waals surface area (Å²) in [5.74, 6) is -0.688. The minimum absolute atomic E-state index is 0.391. The number of anilines is 2. The van der Waals surface area contributed by atoms with E-state index in [2.05, 4.69) is 10.3 Å². The number of hydrogen-bond donors (Lipinski definition) is 1. The summed E-state index contributed by atoms with van der Waals surface area (Å²) in [7, 11) is 3.85. The standard InChI is InChI=1S/C17H18F3N3O/c1-23(2)13-5-3-12(4-6-13)14-8-10-21-11-15(14)22-16(24)7-9-17(18,19)20/h3-6,8,10-11H,7,9H2,1-2H3,(H,22,24). The first-order valence-corrected chi connectivity index (χ1v) is 7.34. The van der Waals surface area contributed by atoms with E-state index in [1.165, 1.54) is 6.20 Å². The average molecular weight is 337 g/mol. The number of pyridine rings is 1. The van der Waals surface area contributed by atoms with Crippen molar-refractivity contribution in [1.82, 2.24) is 4.98 Å². The number of aromatic nitrogens is 1. The summed E-state index contributed by atoms with van der Waals surface area (Å²) in [6, 6.07) is 9.33. The van der Waals surface area contributed by atoms with Crippen molar-refractivity contribution in [1.29, 1.82) is 0 Å². The van der Waals surface area contributed by atoms with E-state index in [0.29, 0.717) is 11.3 Å². The third kappa shape index (κ3) is 4.97. The monoisotopic (exact) mass is 337 g/mol. The topological polar surface area (TPSA) is 45.2 Å². The number of amides is 1. The van der Waals surface area contributed by atoms with Gasteiger partial charge in [0.05, 0.1) is 18.3 Å². The molecule has 1 heterocycles. The van der Waals surface area contributed by atoms with E-state index >= 15 is 0 Å². The number of nitrogens with one attached hydrogen (secondary N) is 1. The van der Waals surface area contributed by atoms with Gasteiger partial charge in [-0.15, -0.1) is 0 Å². The van der Waals surface area contributed by atoms with Crippen LogP contribution in [0.1, 0.15) is 12.8 Å². The van der Waals surface area contributed by atoms with Crippen LogP contribution in [0.25, 0.3) is 11.1 Å². The maximum atomic E-state index is 12.2. The molecule has 2 rings (SSSR count). The van der Waals surface area contributed by atoms with E-state index in [4.69, 9.17) is 0 Å². The molecule has 0 aliphatic heterocycles. The van der Waals surface area contributed by atoms with Gasteiger partial charge in [0.2, 0.25) is 5.91 Å². The molecule has 1 aromatic heterocycles. The molecule has 1 aromatic carbocycles. The van der Waals surface area contributed by atoms with Crippen LogP contribution in [0, 0.1) is 0 Å². The van der Waals surface area contributed by atoms with Crippen LogP contribution in [-0.4, -0.2) is 31.2 Å². The fourth-order valence-electron chi connectivity index (χ4n) is 2.15. The Morgan fingerprint density at radius 3 is 2.42 bits per heavy atom. The first-order valence-electron chi connectivity index (χ1n) is 7.34. The van der Waals surface area contributed by atoms with Crippen molar-refractivity contribution < 1.29 is 18.0 Å². The SMILES string of the molecule is CN(C)c1ccc(-c2ccncc2NC(=O)CCC(F)(F)F)cc1. The average Bonchev–Trinajstić information content (AvgIpc) is 2.53. The molecule has 0 spiro atoms. The molecule has 0 saturated heterocycles. The van der Waals surface area contributed by atoms with Gasteiger partial charge in [-0.3, -0.25) is 9.78 Å². The fourth-order valence-corrected chi connectivity index (χ4v) is 2.15. The third-order valence-electron chi connectivity index (χ3n) is 3.43. The zero-order valence-electron chi connectivity index (χ0n) is 13.4. The Balaban J connectivity index is 2.16. The molecule has 1 amide bonds. The first-order chi connectivity index (χ1) is 11.3. The fraction of sp³-hybridized carbons (Fsp3) is 0.294. The largest absolute Gasteiger partial charge is 0.389 e. The lowest BCUT2D eigenvalue weighted by atomic mass is 10.0. The van der Waals surface area contributed by atoms with Gasteiger partial charge in [0.15, 0.2) is 0 Å². The number of alkyl halides is 3. The molecule has 128 valence electrons. The second kappa shape index (κ2) is 7.33. The Bertz CT molecular complexity index is 697. The summed E-state index contributed by atoms with van der Waals surface area (Å²) in [5.41, 5.74) is 2.95. The Kier molecular flexibility index (Phi) is 5.43. The van der Waals surface area contributed by atoms with Gasteiger partial charge < -0.3 is 10.2 Å². The lowest BCUT2D eigenvalue weighted by Crippen LogP contribution is -2.17. The summed E-state index contributed by atoms with van der Waals surface area (Å²) in [6.07, 6.45) is -3.11. The highest BCUT2D eigenvalue weighted by molar-refractivity contribution is 5.95. The zero-order valence-corrected chi connectivity index (χ0v) is 13.4. The predicted octanol–water partition coefficient (Wildman–Crippen LogP) is 4.10. The van der Waals surface area contributed by atoms with Crippen molar-refractivity contribution in [2.75, 3.05) is 24.3 Å². The number of carbonyl (C=O) groups excluding carboxylic acids is 1. The van der Waals surface area contributed by atoms with Crippen molar-refractivity contribution in [3.63, 3.8) is 0 Å². The number of benzene rings is 1. The van der Waals surface area contributed by atoms with E-state index in [-0.39, 0.29) is 0 Å². The quantitative estimate of drug-likeness (QED) is 0.893. The van der Waals surface area contributed by atoms with Gasteiger partial charge in [0.25, 0.3) is 0 Å². The molecule has 0 saturated carbocycles. The molecule has 7 heteroatoms. The van der Waals surface area contributed by atoms with Gasteiger partial charge >= 0.3 is 6.18 Å². The van der Waals surface area contributed by atoms with Gasteiger partial charge in [-0.25, -0.2) is 0 Å². The first kappa shape index (κ1) is 17.8. The molecular formula is C17H18F3N3O. The van der Waals surface area contributed by atoms with Gasteiger partial charge in [-0.05, 0) is 23.8 Å². The van der Waals surface area contributed by atoms with Crippen LogP contribution < -0.4 is 10.2 Å². The van der Waals surface area contributed by atoms with Crippen molar-refractivity contribution in [2.24, 2.45) is 0 Å². The molecule has 0 aliphatic rings. The highest BCUT2D eigenvalue weighted by Gasteiger charge is 2.28. The van der Waals surface area contributed by atoms with Gasteiger partial charge in [-0.1, -0.05) is 12.1 Å². The number of carbonyl (C=O) groups is 1. The Morgan fingerprint density at radius 2 is 1.83 bits per heavy atom. The smallest absolute Gasteiger partial charge is 0.378 e. The maximum Gasteiger partial charge on any atom is 0.389 e. The van der Waals surface area contributed by atoms with Crippen LogP contribution in [0.15, 0.2) is 42.7 Å². The summed E-state index contributed by atoms with van der Waals surface area (Å²) in [4.78, 5) is 17.6. The molecule has 0 atom stereocenters. The normalized spacial score (nSPS) is 11.2.